The normalized spacial score (nSPS) is 13.4. The Morgan fingerprint density at radius 3 is 2.89 bits per heavy atom. The van der Waals surface area contributed by atoms with E-state index in [-0.39, 0.29) is 6.79 Å². The molecular weight excluding hydrogens is 352 g/mol. The number of carbonyl (C=O) groups excluding carboxylic acids is 2. The summed E-state index contributed by atoms with van der Waals surface area (Å²) >= 11 is 0. The van der Waals surface area contributed by atoms with Crippen LogP contribution in [0.4, 0.5) is 5.69 Å². The predicted octanol–water partition coefficient (Wildman–Crippen LogP) is 3.13. The Hall–Kier alpha value is -3.55. The fourth-order valence-electron chi connectivity index (χ4n) is 2.70. The smallest absolute Gasteiger partial charge is 0.338 e. The minimum Gasteiger partial charge on any atom is -0.454 e. The molecule has 27 heavy (non-hydrogen) atoms. The first-order valence-corrected chi connectivity index (χ1v) is 8.39. The van der Waals surface area contributed by atoms with Crippen LogP contribution in [-0.2, 0) is 9.53 Å². The summed E-state index contributed by atoms with van der Waals surface area (Å²) < 4.78 is 21.0. The van der Waals surface area contributed by atoms with Gasteiger partial charge in [-0.2, -0.15) is 0 Å². The maximum Gasteiger partial charge on any atom is 0.338 e. The highest BCUT2D eigenvalue weighted by molar-refractivity contribution is 5.98. The molecule has 0 aliphatic carbocycles. The highest BCUT2D eigenvalue weighted by atomic mass is 16.7. The number of carbonyl (C=O) groups is 2. The van der Waals surface area contributed by atoms with Gasteiger partial charge in [0.05, 0.1) is 5.56 Å². The van der Waals surface area contributed by atoms with Crippen LogP contribution < -0.4 is 14.8 Å². The summed E-state index contributed by atoms with van der Waals surface area (Å²) in [6, 6.07) is 9.82. The maximum absolute atomic E-state index is 12.5. The summed E-state index contributed by atoms with van der Waals surface area (Å²) in [4.78, 5) is 28.9. The lowest BCUT2D eigenvalue weighted by Crippen LogP contribution is -2.32. The molecule has 2 aromatic carbocycles. The van der Waals surface area contributed by atoms with Gasteiger partial charge in [0.25, 0.3) is 5.91 Å². The molecule has 3 aromatic rings. The summed E-state index contributed by atoms with van der Waals surface area (Å²) in [6.07, 6.45) is 0.692. The fourth-order valence-corrected chi connectivity index (χ4v) is 2.70. The molecule has 1 aliphatic heterocycles. The zero-order chi connectivity index (χ0) is 18.8. The molecule has 0 saturated carbocycles. The van der Waals surface area contributed by atoms with Gasteiger partial charge in [-0.1, -0.05) is 6.92 Å². The quantitative estimate of drug-likeness (QED) is 0.691. The third-order valence-corrected chi connectivity index (χ3v) is 4.12. The molecule has 0 fully saturated rings. The second kappa shape index (κ2) is 6.99. The third kappa shape index (κ3) is 3.41. The number of amides is 1. The van der Waals surface area contributed by atoms with Gasteiger partial charge in [-0.05, 0) is 36.8 Å². The molecule has 2 heterocycles. The number of anilines is 1. The number of rotatable bonds is 5. The average Bonchev–Trinajstić information content (AvgIpc) is 3.33. The lowest BCUT2D eigenvalue weighted by Gasteiger charge is -2.16. The highest BCUT2D eigenvalue weighted by Gasteiger charge is 2.23. The molecule has 4 rings (SSSR count). The number of fused-ring (bicyclic) bond motifs is 2. The number of aromatic nitrogens is 1. The van der Waals surface area contributed by atoms with Gasteiger partial charge in [-0.3, -0.25) is 4.79 Å². The zero-order valence-electron chi connectivity index (χ0n) is 14.4. The minimum absolute atomic E-state index is 0.151. The molecule has 1 unspecified atom stereocenters. The molecule has 1 N–H and O–H groups in total. The van der Waals surface area contributed by atoms with Crippen LogP contribution in [0.25, 0.3) is 11.1 Å². The molecular formula is C19H16N2O6. The van der Waals surface area contributed by atoms with Crippen molar-refractivity contribution >= 4 is 28.7 Å². The van der Waals surface area contributed by atoms with Crippen molar-refractivity contribution in [2.75, 3.05) is 12.1 Å². The molecule has 0 radical (unpaired) electrons. The van der Waals surface area contributed by atoms with Crippen molar-refractivity contribution < 1.29 is 28.2 Å². The number of nitrogens with zero attached hydrogens (tertiary/aromatic N) is 1. The third-order valence-electron chi connectivity index (χ3n) is 4.12. The zero-order valence-corrected chi connectivity index (χ0v) is 14.4. The summed E-state index contributed by atoms with van der Waals surface area (Å²) in [5.74, 6) is 0.147. The molecule has 8 nitrogen and oxygen atoms in total. The lowest BCUT2D eigenvalue weighted by molar-refractivity contribution is -0.124. The van der Waals surface area contributed by atoms with E-state index in [2.05, 4.69) is 10.3 Å². The van der Waals surface area contributed by atoms with Crippen LogP contribution in [0, 0.1) is 0 Å². The predicted molar refractivity (Wildman–Crippen MR) is 94.7 cm³/mol. The van der Waals surface area contributed by atoms with Gasteiger partial charge < -0.3 is 23.9 Å². The summed E-state index contributed by atoms with van der Waals surface area (Å²) in [6.45, 7) is 1.91. The number of esters is 1. The van der Waals surface area contributed by atoms with Crippen molar-refractivity contribution in [3.05, 3.63) is 48.4 Å². The Bertz CT molecular complexity index is 1010. The van der Waals surface area contributed by atoms with E-state index in [9.17, 15) is 9.59 Å². The number of hydrogen-bond acceptors (Lipinski definition) is 7. The summed E-state index contributed by atoms with van der Waals surface area (Å²) in [5.41, 5.74) is 1.94. The number of benzene rings is 2. The van der Waals surface area contributed by atoms with Crippen molar-refractivity contribution in [2.24, 2.45) is 0 Å². The first-order valence-electron chi connectivity index (χ1n) is 8.39. The summed E-state index contributed by atoms with van der Waals surface area (Å²) in [5, 5.41) is 2.73. The van der Waals surface area contributed by atoms with E-state index in [0.717, 1.165) is 0 Å². The Labute approximate surface area is 154 Å². The summed E-state index contributed by atoms with van der Waals surface area (Å²) in [7, 11) is 0. The largest absolute Gasteiger partial charge is 0.454 e. The monoisotopic (exact) mass is 368 g/mol. The van der Waals surface area contributed by atoms with Crippen molar-refractivity contribution in [2.45, 2.75) is 19.4 Å². The first kappa shape index (κ1) is 16.9. The van der Waals surface area contributed by atoms with Gasteiger partial charge in [-0.15, -0.1) is 0 Å². The Kier molecular flexibility index (Phi) is 4.37. The second-order valence-corrected chi connectivity index (χ2v) is 5.89. The number of ether oxygens (including phenoxy) is 3. The number of oxazole rings is 1. The minimum atomic E-state index is -0.934. The molecule has 1 aromatic heterocycles. The SMILES string of the molecule is CCC(OC(=O)c1ccc2ocnc2c1)C(=O)Nc1ccc2c(c1)OCO2. The van der Waals surface area contributed by atoms with E-state index in [1.807, 2.05) is 0 Å². The fraction of sp³-hybridized carbons (Fsp3) is 0.211. The van der Waals surface area contributed by atoms with Crippen LogP contribution in [0.3, 0.4) is 0 Å². The first-order chi connectivity index (χ1) is 13.1. The van der Waals surface area contributed by atoms with Gasteiger partial charge in [0.2, 0.25) is 6.79 Å². The lowest BCUT2D eigenvalue weighted by atomic mass is 10.2. The molecule has 0 bridgehead atoms. The van der Waals surface area contributed by atoms with Crippen molar-refractivity contribution in [1.29, 1.82) is 0 Å². The number of hydrogen-bond donors (Lipinski definition) is 1. The van der Waals surface area contributed by atoms with Crippen molar-refractivity contribution in [3.63, 3.8) is 0 Å². The van der Waals surface area contributed by atoms with Crippen LogP contribution >= 0.6 is 0 Å². The molecule has 1 atom stereocenters. The van der Waals surface area contributed by atoms with E-state index < -0.39 is 18.0 Å². The van der Waals surface area contributed by atoms with Crippen molar-refractivity contribution in [1.82, 2.24) is 4.98 Å². The standard InChI is InChI=1S/C19H16N2O6/c1-2-14(18(22)21-12-4-6-16-17(8-12)26-10-25-16)27-19(23)11-3-5-15-13(7-11)20-9-24-15/h3-9,14H,2,10H2,1H3,(H,21,22). The Morgan fingerprint density at radius 2 is 2.04 bits per heavy atom. The average molecular weight is 368 g/mol. The van der Waals surface area contributed by atoms with Crippen molar-refractivity contribution in [3.8, 4) is 11.5 Å². The van der Waals surface area contributed by atoms with Crippen LogP contribution in [0.2, 0.25) is 0 Å². The van der Waals surface area contributed by atoms with Crippen LogP contribution in [-0.4, -0.2) is 29.8 Å². The topological polar surface area (TPSA) is 99.9 Å². The van der Waals surface area contributed by atoms with E-state index >= 15 is 0 Å². The maximum atomic E-state index is 12.5. The molecule has 0 spiro atoms. The molecule has 138 valence electrons. The second-order valence-electron chi connectivity index (χ2n) is 5.89. The van der Waals surface area contributed by atoms with E-state index in [1.54, 1.807) is 43.3 Å². The van der Waals surface area contributed by atoms with Crippen LogP contribution in [0.1, 0.15) is 23.7 Å². The van der Waals surface area contributed by atoms with E-state index in [0.29, 0.717) is 40.3 Å². The Balaban J connectivity index is 1.44. The van der Waals surface area contributed by atoms with Gasteiger partial charge in [0.1, 0.15) is 5.52 Å². The van der Waals surface area contributed by atoms with Gasteiger partial charge >= 0.3 is 5.97 Å². The highest BCUT2D eigenvalue weighted by Crippen LogP contribution is 2.34. The van der Waals surface area contributed by atoms with E-state index in [4.69, 9.17) is 18.6 Å². The molecule has 1 amide bonds. The molecule has 8 heteroatoms. The van der Waals surface area contributed by atoms with Gasteiger partial charge in [-0.25, -0.2) is 9.78 Å². The Morgan fingerprint density at radius 1 is 1.19 bits per heavy atom. The van der Waals surface area contributed by atoms with Crippen LogP contribution in [0.15, 0.2) is 47.2 Å². The van der Waals surface area contributed by atoms with Gasteiger partial charge in [0, 0.05) is 11.8 Å². The number of nitrogens with one attached hydrogen (secondary N) is 1. The molecule has 0 saturated heterocycles. The van der Waals surface area contributed by atoms with E-state index in [1.165, 1.54) is 6.39 Å². The van der Waals surface area contributed by atoms with Gasteiger partial charge in [0.15, 0.2) is 29.6 Å². The van der Waals surface area contributed by atoms with Crippen LogP contribution in [0.5, 0.6) is 11.5 Å². The molecule has 1 aliphatic rings.